The summed E-state index contributed by atoms with van der Waals surface area (Å²) in [5.41, 5.74) is 0. The van der Waals surface area contributed by atoms with Crippen LogP contribution in [0.4, 0.5) is 0 Å². The van der Waals surface area contributed by atoms with Crippen LogP contribution in [0.25, 0.3) is 0 Å². The van der Waals surface area contributed by atoms with Crippen LogP contribution in [0.1, 0.15) is 111 Å². The molecular weight excluding hydrogens is 422 g/mol. The number of carbonyl (C=O) groups excluding carboxylic acids is 1. The highest BCUT2D eigenvalue weighted by Gasteiger charge is 2.53. The van der Waals surface area contributed by atoms with E-state index in [9.17, 15) is 29.7 Å². The molecule has 0 saturated carbocycles. The first-order chi connectivity index (χ1) is 15.7. The van der Waals surface area contributed by atoms with Crippen LogP contribution < -0.4 is 5.11 Å². The van der Waals surface area contributed by atoms with Gasteiger partial charge < -0.3 is 20.1 Å². The molecule has 0 aliphatic rings. The summed E-state index contributed by atoms with van der Waals surface area (Å²) in [7, 11) is 0. The normalized spacial score (nSPS) is 16.2. The van der Waals surface area contributed by atoms with E-state index >= 15 is 0 Å². The number of aliphatic carboxylic acids is 3. The molecule has 0 amide bonds. The molecule has 0 aromatic rings. The molecule has 2 N–H and O–H groups in total. The van der Waals surface area contributed by atoms with Crippen LogP contribution in [0.2, 0.25) is 0 Å². The van der Waals surface area contributed by atoms with Gasteiger partial charge >= 0.3 is 11.9 Å². The summed E-state index contributed by atoms with van der Waals surface area (Å²) >= 11 is 0. The maximum absolute atomic E-state index is 12.1. The summed E-state index contributed by atoms with van der Waals surface area (Å²) < 4.78 is -0.515. The highest BCUT2D eigenvalue weighted by Crippen LogP contribution is 2.31. The van der Waals surface area contributed by atoms with Gasteiger partial charge in [0.2, 0.25) is 0 Å². The fourth-order valence-corrected chi connectivity index (χ4v) is 5.19. The third-order valence-electron chi connectivity index (χ3n) is 6.82. The second-order valence-electron chi connectivity index (χ2n) is 9.01. The van der Waals surface area contributed by atoms with Gasteiger partial charge in [-0.1, -0.05) is 84.8 Å². The fourth-order valence-electron chi connectivity index (χ4n) is 5.19. The van der Waals surface area contributed by atoms with E-state index in [0.717, 1.165) is 12.8 Å². The third kappa shape index (κ3) is 9.86. The summed E-state index contributed by atoms with van der Waals surface area (Å²) in [4.78, 5) is 36.3. The molecule has 33 heavy (non-hydrogen) atoms. The molecular formula is C26H47NO6. The topological polar surface area (TPSA) is 115 Å². The lowest BCUT2D eigenvalue weighted by Gasteiger charge is -2.51. The standard InChI is InChI=1S/C26H47NO6/c1-5-9-10-11-12-13-14-15-16-17-18-19-20-27(21(6-2)24(28)29,22(7-3)25(30)31)23(8-4)26(32)33/h17-18,21-23H,5-16,19-20H2,1-4H3,(H2-,28,29,30,31,32,33)/b18-17+. The van der Waals surface area contributed by atoms with Crippen LogP contribution in [0.15, 0.2) is 12.2 Å². The van der Waals surface area contributed by atoms with Gasteiger partial charge in [-0.15, -0.1) is 0 Å². The molecule has 0 heterocycles. The third-order valence-corrected chi connectivity index (χ3v) is 6.82. The molecule has 7 heteroatoms. The predicted molar refractivity (Wildman–Crippen MR) is 129 cm³/mol. The Morgan fingerprint density at radius 1 is 0.697 bits per heavy atom. The monoisotopic (exact) mass is 469 g/mol. The van der Waals surface area contributed by atoms with E-state index in [1.165, 1.54) is 44.9 Å². The Hall–Kier alpha value is -1.89. The molecule has 0 fully saturated rings. The zero-order valence-electron chi connectivity index (χ0n) is 21.3. The molecule has 0 rings (SSSR count). The minimum absolute atomic E-state index is 0.109. The summed E-state index contributed by atoms with van der Waals surface area (Å²) in [5.74, 6) is -3.72. The number of allylic oxidation sites excluding steroid dienone is 1. The van der Waals surface area contributed by atoms with E-state index in [1.807, 2.05) is 6.08 Å². The second kappa shape index (κ2) is 17.6. The maximum atomic E-state index is 12.1. The van der Waals surface area contributed by atoms with Gasteiger partial charge in [0.25, 0.3) is 0 Å². The quantitative estimate of drug-likeness (QED) is 0.145. The van der Waals surface area contributed by atoms with Crippen LogP contribution in [0, 0.1) is 0 Å². The molecule has 0 saturated heterocycles. The smallest absolute Gasteiger partial charge is 0.362 e. The zero-order chi connectivity index (χ0) is 25.3. The molecule has 3 atom stereocenters. The number of carboxylic acids is 3. The second-order valence-corrected chi connectivity index (χ2v) is 9.01. The summed E-state index contributed by atoms with van der Waals surface area (Å²) in [6, 6.07) is -3.46. The number of carboxylic acid groups (broad SMARTS) is 3. The van der Waals surface area contributed by atoms with Crippen molar-refractivity contribution in [2.24, 2.45) is 0 Å². The molecule has 0 aromatic carbocycles. The molecule has 0 aliphatic carbocycles. The Labute approximate surface area is 200 Å². The van der Waals surface area contributed by atoms with Gasteiger partial charge in [-0.3, -0.25) is 4.48 Å². The van der Waals surface area contributed by atoms with Gasteiger partial charge in [0.05, 0.1) is 12.5 Å². The van der Waals surface area contributed by atoms with Gasteiger partial charge in [-0.05, 0) is 12.8 Å². The highest BCUT2D eigenvalue weighted by molar-refractivity contribution is 5.77. The highest BCUT2D eigenvalue weighted by atomic mass is 16.4. The fraction of sp³-hybridized carbons (Fsp3) is 0.808. The molecule has 0 bridgehead atoms. The first kappa shape index (κ1) is 31.1. The van der Waals surface area contributed by atoms with Crippen molar-refractivity contribution < 1.29 is 34.2 Å². The van der Waals surface area contributed by atoms with E-state index in [0.29, 0.717) is 6.42 Å². The Morgan fingerprint density at radius 2 is 1.12 bits per heavy atom. The Kier molecular flexibility index (Phi) is 16.6. The molecule has 0 spiro atoms. The van der Waals surface area contributed by atoms with Gasteiger partial charge in [0.1, 0.15) is 6.04 Å². The summed E-state index contributed by atoms with van der Waals surface area (Å²) in [6.45, 7) is 7.33. The van der Waals surface area contributed by atoms with Gasteiger partial charge in [0, 0.05) is 25.7 Å². The maximum Gasteiger partial charge on any atom is 0.362 e. The van der Waals surface area contributed by atoms with E-state index < -0.39 is 40.5 Å². The van der Waals surface area contributed by atoms with Crippen LogP contribution in [-0.2, 0) is 14.4 Å². The number of quaternary nitrogens is 1. The minimum Gasteiger partial charge on any atom is -0.544 e. The van der Waals surface area contributed by atoms with Crippen molar-refractivity contribution >= 4 is 17.9 Å². The minimum atomic E-state index is -1.39. The van der Waals surface area contributed by atoms with Crippen molar-refractivity contribution in [3.63, 3.8) is 0 Å². The van der Waals surface area contributed by atoms with Gasteiger partial charge in [-0.2, -0.15) is 0 Å². The Morgan fingerprint density at radius 3 is 1.52 bits per heavy atom. The first-order valence-corrected chi connectivity index (χ1v) is 12.9. The Balaban J connectivity index is 5.32. The van der Waals surface area contributed by atoms with E-state index in [-0.39, 0.29) is 25.8 Å². The number of carbonyl (C=O) groups is 3. The average Bonchev–Trinajstić information content (AvgIpc) is 2.75. The SMILES string of the molecule is CCCCCCCCCC/C=C/CC[N+](C(CC)C(=O)[O-])(C(CC)C(=O)O)C(CC)C(=O)O. The van der Waals surface area contributed by atoms with Gasteiger partial charge in [-0.25, -0.2) is 9.59 Å². The number of rotatable bonds is 21. The number of hydrogen-bond acceptors (Lipinski definition) is 4. The van der Waals surface area contributed by atoms with Crippen molar-refractivity contribution in [1.29, 1.82) is 0 Å². The molecule has 3 unspecified atom stereocenters. The van der Waals surface area contributed by atoms with Crippen molar-refractivity contribution in [2.45, 2.75) is 129 Å². The predicted octanol–water partition coefficient (Wildman–Crippen LogP) is 4.54. The molecule has 0 aliphatic heterocycles. The van der Waals surface area contributed by atoms with Crippen LogP contribution in [0.3, 0.4) is 0 Å². The zero-order valence-corrected chi connectivity index (χ0v) is 21.3. The average molecular weight is 470 g/mol. The van der Waals surface area contributed by atoms with Crippen LogP contribution in [-0.4, -0.2) is 57.3 Å². The molecule has 192 valence electrons. The molecule has 0 aromatic heterocycles. The van der Waals surface area contributed by atoms with Crippen molar-refractivity contribution in [3.8, 4) is 0 Å². The van der Waals surface area contributed by atoms with Crippen molar-refractivity contribution in [3.05, 3.63) is 12.2 Å². The van der Waals surface area contributed by atoms with Gasteiger partial charge in [0.15, 0.2) is 12.1 Å². The lowest BCUT2D eigenvalue weighted by atomic mass is 9.94. The number of nitrogens with zero attached hydrogens (tertiary/aromatic N) is 1. The molecule has 0 radical (unpaired) electrons. The van der Waals surface area contributed by atoms with E-state index in [1.54, 1.807) is 20.8 Å². The molecule has 7 nitrogen and oxygen atoms in total. The van der Waals surface area contributed by atoms with E-state index in [2.05, 4.69) is 13.0 Å². The van der Waals surface area contributed by atoms with Crippen molar-refractivity contribution in [1.82, 2.24) is 0 Å². The lowest BCUT2D eigenvalue weighted by Crippen LogP contribution is -2.73. The largest absolute Gasteiger partial charge is 0.544 e. The van der Waals surface area contributed by atoms with E-state index in [4.69, 9.17) is 0 Å². The first-order valence-electron chi connectivity index (χ1n) is 12.9. The number of unbranched alkanes of at least 4 members (excludes halogenated alkanes) is 8. The lowest BCUT2D eigenvalue weighted by molar-refractivity contribution is -0.974. The van der Waals surface area contributed by atoms with Crippen molar-refractivity contribution in [2.75, 3.05) is 6.54 Å². The van der Waals surface area contributed by atoms with Crippen LogP contribution >= 0.6 is 0 Å². The summed E-state index contributed by atoms with van der Waals surface area (Å²) in [5, 5.41) is 31.9. The summed E-state index contributed by atoms with van der Waals surface area (Å²) in [6.07, 6.45) is 15.7. The van der Waals surface area contributed by atoms with Crippen LogP contribution in [0.5, 0.6) is 0 Å². The Bertz CT molecular complexity index is 549. The number of hydrogen-bond donors (Lipinski definition) is 2.